The van der Waals surface area contributed by atoms with Crippen LogP contribution in [-0.2, 0) is 0 Å². The fraction of sp³-hybridized carbons (Fsp3) is 0.238. The van der Waals surface area contributed by atoms with Crippen molar-refractivity contribution in [3.8, 4) is 22.8 Å². The molecule has 0 spiro atoms. The van der Waals surface area contributed by atoms with E-state index in [1.54, 1.807) is 12.1 Å². The van der Waals surface area contributed by atoms with E-state index in [-0.39, 0.29) is 5.56 Å². The Labute approximate surface area is 152 Å². The Hall–Kier alpha value is -3.08. The molecule has 0 saturated heterocycles. The van der Waals surface area contributed by atoms with Crippen molar-refractivity contribution in [2.24, 2.45) is 0 Å². The number of ether oxygens (including phenoxy) is 2. The minimum Gasteiger partial charge on any atom is -0.490 e. The molecule has 5 nitrogen and oxygen atoms in total. The quantitative estimate of drug-likeness (QED) is 0.697. The Balaban J connectivity index is 2.20. The van der Waals surface area contributed by atoms with Gasteiger partial charge < -0.3 is 14.6 Å². The number of aromatic nitrogens is 1. The third-order valence-corrected chi connectivity index (χ3v) is 4.11. The van der Waals surface area contributed by atoms with Crippen molar-refractivity contribution in [2.45, 2.75) is 20.8 Å². The molecule has 5 heteroatoms. The normalized spacial score (nSPS) is 10.7. The highest BCUT2D eigenvalue weighted by Gasteiger charge is 2.15. The van der Waals surface area contributed by atoms with Gasteiger partial charge in [0.25, 0.3) is 0 Å². The fourth-order valence-electron chi connectivity index (χ4n) is 2.93. The van der Waals surface area contributed by atoms with Crippen LogP contribution < -0.4 is 9.47 Å². The van der Waals surface area contributed by atoms with Crippen LogP contribution in [0.1, 0.15) is 29.8 Å². The molecule has 0 aliphatic carbocycles. The fourth-order valence-corrected chi connectivity index (χ4v) is 2.93. The average molecular weight is 351 g/mol. The van der Waals surface area contributed by atoms with E-state index in [2.05, 4.69) is 0 Å². The Morgan fingerprint density at radius 3 is 2.46 bits per heavy atom. The SMILES string of the molecule is CCOc1ccc(-c2cc(C(=O)O)c3cccc(C)c3n2)cc1OCC. The molecule has 0 aliphatic rings. The molecule has 134 valence electrons. The summed E-state index contributed by atoms with van der Waals surface area (Å²) in [6.45, 7) is 6.79. The van der Waals surface area contributed by atoms with Crippen molar-refractivity contribution in [1.82, 2.24) is 4.98 Å². The second kappa shape index (κ2) is 7.44. The molecule has 0 amide bonds. The van der Waals surface area contributed by atoms with E-state index in [4.69, 9.17) is 14.5 Å². The Kier molecular flexibility index (Phi) is 5.07. The first kappa shape index (κ1) is 17.7. The van der Waals surface area contributed by atoms with Crippen molar-refractivity contribution in [2.75, 3.05) is 13.2 Å². The van der Waals surface area contributed by atoms with Crippen molar-refractivity contribution >= 4 is 16.9 Å². The van der Waals surface area contributed by atoms with Crippen molar-refractivity contribution < 1.29 is 19.4 Å². The second-order valence-electron chi connectivity index (χ2n) is 5.86. The number of aryl methyl sites for hydroxylation is 1. The molecule has 26 heavy (non-hydrogen) atoms. The number of rotatable bonds is 6. The summed E-state index contributed by atoms with van der Waals surface area (Å²) in [5.74, 6) is 0.309. The van der Waals surface area contributed by atoms with Crippen LogP contribution in [0.2, 0.25) is 0 Å². The summed E-state index contributed by atoms with van der Waals surface area (Å²) in [4.78, 5) is 16.5. The van der Waals surface area contributed by atoms with Gasteiger partial charge in [0.05, 0.1) is 30.0 Å². The molecular weight excluding hydrogens is 330 g/mol. The van der Waals surface area contributed by atoms with Gasteiger partial charge in [0.2, 0.25) is 0 Å². The maximum atomic E-state index is 11.7. The summed E-state index contributed by atoms with van der Waals surface area (Å²) in [7, 11) is 0. The minimum atomic E-state index is -0.972. The molecule has 0 radical (unpaired) electrons. The van der Waals surface area contributed by atoms with Gasteiger partial charge in [-0.15, -0.1) is 0 Å². The van der Waals surface area contributed by atoms with E-state index < -0.39 is 5.97 Å². The van der Waals surface area contributed by atoms with Crippen molar-refractivity contribution in [1.29, 1.82) is 0 Å². The van der Waals surface area contributed by atoms with E-state index >= 15 is 0 Å². The third kappa shape index (κ3) is 3.33. The second-order valence-corrected chi connectivity index (χ2v) is 5.86. The predicted molar refractivity (Wildman–Crippen MR) is 101 cm³/mol. The maximum absolute atomic E-state index is 11.7. The number of para-hydroxylation sites is 1. The zero-order valence-corrected chi connectivity index (χ0v) is 15.1. The number of pyridine rings is 1. The van der Waals surface area contributed by atoms with Crippen LogP contribution >= 0.6 is 0 Å². The van der Waals surface area contributed by atoms with Gasteiger partial charge in [-0.1, -0.05) is 18.2 Å². The highest BCUT2D eigenvalue weighted by Crippen LogP contribution is 2.34. The molecule has 1 heterocycles. The van der Waals surface area contributed by atoms with Gasteiger partial charge in [0, 0.05) is 10.9 Å². The lowest BCUT2D eigenvalue weighted by Crippen LogP contribution is -2.02. The van der Waals surface area contributed by atoms with Crippen LogP contribution in [0.25, 0.3) is 22.2 Å². The summed E-state index contributed by atoms with van der Waals surface area (Å²) in [6, 6.07) is 12.7. The summed E-state index contributed by atoms with van der Waals surface area (Å²) in [5, 5.41) is 10.3. The van der Waals surface area contributed by atoms with Crippen LogP contribution in [0, 0.1) is 6.92 Å². The van der Waals surface area contributed by atoms with Crippen molar-refractivity contribution in [3.63, 3.8) is 0 Å². The first-order valence-corrected chi connectivity index (χ1v) is 8.58. The van der Waals surface area contributed by atoms with Gasteiger partial charge in [-0.2, -0.15) is 0 Å². The topological polar surface area (TPSA) is 68.7 Å². The largest absolute Gasteiger partial charge is 0.490 e. The van der Waals surface area contributed by atoms with Gasteiger partial charge in [-0.05, 0) is 50.6 Å². The molecule has 0 atom stereocenters. The van der Waals surface area contributed by atoms with Crippen LogP contribution in [0.4, 0.5) is 0 Å². The third-order valence-electron chi connectivity index (χ3n) is 4.11. The number of benzene rings is 2. The number of carbonyl (C=O) groups is 1. The predicted octanol–water partition coefficient (Wildman–Crippen LogP) is 4.71. The number of nitrogens with zero attached hydrogens (tertiary/aromatic N) is 1. The van der Waals surface area contributed by atoms with Gasteiger partial charge in [0.15, 0.2) is 11.5 Å². The molecule has 0 aliphatic heterocycles. The lowest BCUT2D eigenvalue weighted by molar-refractivity contribution is 0.0699. The molecule has 3 aromatic rings. The van der Waals surface area contributed by atoms with Gasteiger partial charge >= 0.3 is 5.97 Å². The monoisotopic (exact) mass is 351 g/mol. The van der Waals surface area contributed by atoms with Crippen LogP contribution in [0.15, 0.2) is 42.5 Å². The number of fused-ring (bicyclic) bond motifs is 1. The zero-order valence-electron chi connectivity index (χ0n) is 15.1. The van der Waals surface area contributed by atoms with E-state index in [9.17, 15) is 9.90 Å². The number of hydrogen-bond donors (Lipinski definition) is 1. The number of hydrogen-bond acceptors (Lipinski definition) is 4. The van der Waals surface area contributed by atoms with Gasteiger partial charge in [-0.3, -0.25) is 0 Å². The molecule has 0 saturated carbocycles. The van der Waals surface area contributed by atoms with E-state index in [0.29, 0.717) is 41.3 Å². The summed E-state index contributed by atoms with van der Waals surface area (Å²) >= 11 is 0. The van der Waals surface area contributed by atoms with Crippen LogP contribution in [-0.4, -0.2) is 29.3 Å². The summed E-state index contributed by atoms with van der Waals surface area (Å²) in [6.07, 6.45) is 0. The smallest absolute Gasteiger partial charge is 0.336 e. The van der Waals surface area contributed by atoms with E-state index in [1.807, 2.05) is 51.1 Å². The van der Waals surface area contributed by atoms with Gasteiger partial charge in [-0.25, -0.2) is 9.78 Å². The van der Waals surface area contributed by atoms with E-state index in [1.165, 1.54) is 0 Å². The molecule has 1 N–H and O–H groups in total. The standard InChI is InChI=1S/C21H21NO4/c1-4-25-18-10-9-14(11-19(18)26-5-2)17-12-16(21(23)24)15-8-6-7-13(3)20(15)22-17/h6-12H,4-5H2,1-3H3,(H,23,24). The lowest BCUT2D eigenvalue weighted by atomic mass is 10.0. The Morgan fingerprint density at radius 2 is 1.77 bits per heavy atom. The zero-order chi connectivity index (χ0) is 18.7. The average Bonchev–Trinajstić information content (AvgIpc) is 2.63. The highest BCUT2D eigenvalue weighted by atomic mass is 16.5. The lowest BCUT2D eigenvalue weighted by Gasteiger charge is -2.13. The molecule has 0 bridgehead atoms. The van der Waals surface area contributed by atoms with Gasteiger partial charge in [0.1, 0.15) is 0 Å². The number of carboxylic acid groups (broad SMARTS) is 1. The molecule has 2 aromatic carbocycles. The first-order chi connectivity index (χ1) is 12.5. The van der Waals surface area contributed by atoms with E-state index in [0.717, 1.165) is 11.1 Å². The molecule has 0 fully saturated rings. The molecule has 1 aromatic heterocycles. The number of carboxylic acids is 1. The summed E-state index contributed by atoms with van der Waals surface area (Å²) in [5.41, 5.74) is 3.23. The van der Waals surface area contributed by atoms with Crippen LogP contribution in [0.5, 0.6) is 11.5 Å². The molecule has 3 rings (SSSR count). The minimum absolute atomic E-state index is 0.237. The first-order valence-electron chi connectivity index (χ1n) is 8.58. The van der Waals surface area contributed by atoms with Crippen molar-refractivity contribution in [3.05, 3.63) is 53.6 Å². The van der Waals surface area contributed by atoms with Crippen LogP contribution in [0.3, 0.4) is 0 Å². The highest BCUT2D eigenvalue weighted by molar-refractivity contribution is 6.04. The Bertz CT molecular complexity index is 966. The molecule has 0 unspecified atom stereocenters. The number of aromatic carboxylic acids is 1. The maximum Gasteiger partial charge on any atom is 0.336 e. The summed E-state index contributed by atoms with van der Waals surface area (Å²) < 4.78 is 11.3. The molecular formula is C21H21NO4. The Morgan fingerprint density at radius 1 is 1.04 bits per heavy atom.